The lowest BCUT2D eigenvalue weighted by atomic mass is 10.1. The Hall–Kier alpha value is -2.74. The highest BCUT2D eigenvalue weighted by atomic mass is 19.4. The van der Waals surface area contributed by atoms with Gasteiger partial charge in [0, 0.05) is 11.1 Å². The number of carbonyl (C=O) groups is 1. The van der Waals surface area contributed by atoms with Crippen molar-refractivity contribution >= 4 is 5.91 Å². The van der Waals surface area contributed by atoms with Gasteiger partial charge in [-0.2, -0.15) is 13.2 Å². The third kappa shape index (κ3) is 4.88. The summed E-state index contributed by atoms with van der Waals surface area (Å²) in [6, 6.07) is 10.3. The van der Waals surface area contributed by atoms with E-state index in [1.807, 2.05) is 19.9 Å². The molecule has 0 unspecified atom stereocenters. The van der Waals surface area contributed by atoms with Crippen molar-refractivity contribution in [2.45, 2.75) is 20.0 Å². The summed E-state index contributed by atoms with van der Waals surface area (Å²) in [6.07, 6.45) is -4.39. The summed E-state index contributed by atoms with van der Waals surface area (Å²) in [5.74, 6) is 5.02. The van der Waals surface area contributed by atoms with E-state index in [2.05, 4.69) is 17.2 Å². The fourth-order valence-corrected chi connectivity index (χ4v) is 2.25. The second kappa shape index (κ2) is 7.22. The third-order valence-electron chi connectivity index (χ3n) is 3.24. The monoisotopic (exact) mass is 331 g/mol. The zero-order valence-electron chi connectivity index (χ0n) is 13.3. The van der Waals surface area contributed by atoms with Crippen molar-refractivity contribution in [2.75, 3.05) is 6.54 Å². The normalized spacial score (nSPS) is 10.7. The van der Waals surface area contributed by atoms with E-state index in [4.69, 9.17) is 0 Å². The molecule has 0 fully saturated rings. The Morgan fingerprint density at radius 2 is 1.75 bits per heavy atom. The van der Waals surface area contributed by atoms with Gasteiger partial charge in [-0.1, -0.05) is 35.1 Å². The molecule has 124 valence electrons. The van der Waals surface area contributed by atoms with E-state index in [0.29, 0.717) is 5.56 Å². The van der Waals surface area contributed by atoms with Gasteiger partial charge in [0.05, 0.1) is 12.1 Å². The molecule has 0 saturated heterocycles. The molecule has 1 amide bonds. The highest BCUT2D eigenvalue weighted by Gasteiger charge is 2.30. The Balaban J connectivity index is 2.00. The van der Waals surface area contributed by atoms with Gasteiger partial charge < -0.3 is 5.32 Å². The minimum atomic E-state index is -4.39. The fourth-order valence-electron chi connectivity index (χ4n) is 2.25. The smallest absolute Gasteiger partial charge is 0.341 e. The highest BCUT2D eigenvalue weighted by molar-refractivity contribution is 5.94. The van der Waals surface area contributed by atoms with Gasteiger partial charge in [0.1, 0.15) is 0 Å². The highest BCUT2D eigenvalue weighted by Crippen LogP contribution is 2.29. The molecule has 0 radical (unpaired) electrons. The summed E-state index contributed by atoms with van der Waals surface area (Å²) in [7, 11) is 0. The molecule has 2 aromatic rings. The summed E-state index contributed by atoms with van der Waals surface area (Å²) in [5.41, 5.74) is 2.01. The van der Waals surface area contributed by atoms with E-state index in [1.54, 1.807) is 12.1 Å². The van der Waals surface area contributed by atoms with Crippen LogP contribution in [0.1, 0.15) is 32.6 Å². The Kier molecular flexibility index (Phi) is 5.30. The number of benzene rings is 2. The molecule has 2 nitrogen and oxygen atoms in total. The minimum absolute atomic E-state index is 0.0576. The Morgan fingerprint density at radius 1 is 1.08 bits per heavy atom. The van der Waals surface area contributed by atoms with Gasteiger partial charge in [0.15, 0.2) is 0 Å². The summed E-state index contributed by atoms with van der Waals surface area (Å²) < 4.78 is 37.8. The minimum Gasteiger partial charge on any atom is -0.341 e. The van der Waals surface area contributed by atoms with Crippen LogP contribution in [-0.2, 0) is 6.18 Å². The van der Waals surface area contributed by atoms with Crippen molar-refractivity contribution in [3.8, 4) is 11.8 Å². The number of carbonyl (C=O) groups excluding carboxylic acids is 1. The van der Waals surface area contributed by atoms with Crippen molar-refractivity contribution in [3.05, 3.63) is 70.3 Å². The maximum absolute atomic E-state index is 12.6. The number of amides is 1. The number of rotatable bonds is 2. The number of alkyl halides is 3. The first kappa shape index (κ1) is 17.6. The molecule has 0 atom stereocenters. The standard InChI is InChI=1S/C19H16F3NO/c1-13-9-14(2)11-16(10-13)18(24)23-8-4-6-15-5-3-7-17(12-15)19(20,21)22/h3,5,7,9-12H,8H2,1-2H3,(H,23,24). The maximum Gasteiger partial charge on any atom is 0.416 e. The van der Waals surface area contributed by atoms with E-state index in [0.717, 1.165) is 23.3 Å². The van der Waals surface area contributed by atoms with Crippen molar-refractivity contribution in [1.82, 2.24) is 5.32 Å². The van der Waals surface area contributed by atoms with Crippen LogP contribution >= 0.6 is 0 Å². The fraction of sp³-hybridized carbons (Fsp3) is 0.211. The Labute approximate surface area is 138 Å². The second-order valence-electron chi connectivity index (χ2n) is 5.44. The molecular formula is C19H16F3NO. The predicted molar refractivity (Wildman–Crippen MR) is 86.6 cm³/mol. The van der Waals surface area contributed by atoms with Crippen LogP contribution in [0.3, 0.4) is 0 Å². The third-order valence-corrected chi connectivity index (χ3v) is 3.24. The lowest BCUT2D eigenvalue weighted by Crippen LogP contribution is -2.23. The van der Waals surface area contributed by atoms with Gasteiger partial charge in [-0.15, -0.1) is 0 Å². The first-order valence-electron chi connectivity index (χ1n) is 7.28. The number of nitrogens with one attached hydrogen (secondary N) is 1. The van der Waals surface area contributed by atoms with Crippen molar-refractivity contribution < 1.29 is 18.0 Å². The van der Waals surface area contributed by atoms with Crippen LogP contribution < -0.4 is 5.32 Å². The zero-order valence-corrected chi connectivity index (χ0v) is 13.3. The molecule has 5 heteroatoms. The van der Waals surface area contributed by atoms with Crippen LogP contribution in [0.4, 0.5) is 13.2 Å². The quantitative estimate of drug-likeness (QED) is 0.825. The van der Waals surface area contributed by atoms with E-state index >= 15 is 0 Å². The van der Waals surface area contributed by atoms with E-state index in [9.17, 15) is 18.0 Å². The summed E-state index contributed by atoms with van der Waals surface area (Å²) in [5, 5.41) is 2.63. The van der Waals surface area contributed by atoms with Crippen LogP contribution in [-0.4, -0.2) is 12.5 Å². The Morgan fingerprint density at radius 3 is 2.38 bits per heavy atom. The van der Waals surface area contributed by atoms with Gasteiger partial charge in [-0.05, 0) is 44.2 Å². The molecule has 2 aromatic carbocycles. The summed E-state index contributed by atoms with van der Waals surface area (Å²) >= 11 is 0. The molecular weight excluding hydrogens is 315 g/mol. The Bertz CT molecular complexity index is 793. The first-order chi connectivity index (χ1) is 11.3. The van der Waals surface area contributed by atoms with Crippen molar-refractivity contribution in [2.24, 2.45) is 0 Å². The molecule has 2 rings (SSSR count). The van der Waals surface area contributed by atoms with Crippen molar-refractivity contribution in [1.29, 1.82) is 0 Å². The lowest BCUT2D eigenvalue weighted by Gasteiger charge is -2.06. The van der Waals surface area contributed by atoms with E-state index < -0.39 is 11.7 Å². The maximum atomic E-state index is 12.6. The van der Waals surface area contributed by atoms with Crippen LogP contribution in [0.15, 0.2) is 42.5 Å². The largest absolute Gasteiger partial charge is 0.416 e. The van der Waals surface area contributed by atoms with E-state index in [1.165, 1.54) is 12.1 Å². The van der Waals surface area contributed by atoms with Crippen LogP contribution in [0.2, 0.25) is 0 Å². The molecule has 0 spiro atoms. The average molecular weight is 331 g/mol. The lowest BCUT2D eigenvalue weighted by molar-refractivity contribution is -0.137. The molecule has 0 bridgehead atoms. The molecule has 0 aromatic heterocycles. The first-order valence-corrected chi connectivity index (χ1v) is 7.28. The number of hydrogen-bond donors (Lipinski definition) is 1. The molecule has 24 heavy (non-hydrogen) atoms. The van der Waals surface area contributed by atoms with Gasteiger partial charge in [-0.3, -0.25) is 4.79 Å². The molecule has 0 heterocycles. The van der Waals surface area contributed by atoms with Gasteiger partial charge in [0.2, 0.25) is 0 Å². The molecule has 0 aliphatic carbocycles. The molecule has 0 saturated carbocycles. The van der Waals surface area contributed by atoms with Gasteiger partial charge in [-0.25, -0.2) is 0 Å². The molecule has 1 N–H and O–H groups in total. The summed E-state index contributed by atoms with van der Waals surface area (Å²) in [4.78, 5) is 12.0. The van der Waals surface area contributed by atoms with Gasteiger partial charge >= 0.3 is 6.18 Å². The van der Waals surface area contributed by atoms with Crippen LogP contribution in [0.25, 0.3) is 0 Å². The zero-order chi connectivity index (χ0) is 17.7. The average Bonchev–Trinajstić information content (AvgIpc) is 2.50. The number of hydrogen-bond acceptors (Lipinski definition) is 1. The summed E-state index contributed by atoms with van der Waals surface area (Å²) in [6.45, 7) is 3.86. The SMILES string of the molecule is Cc1cc(C)cc(C(=O)NCC#Cc2cccc(C(F)(F)F)c2)c1. The van der Waals surface area contributed by atoms with Gasteiger partial charge in [0.25, 0.3) is 5.91 Å². The number of halogens is 3. The topological polar surface area (TPSA) is 29.1 Å². The predicted octanol–water partition coefficient (Wildman–Crippen LogP) is 4.10. The second-order valence-corrected chi connectivity index (χ2v) is 5.44. The van der Waals surface area contributed by atoms with Crippen LogP contribution in [0, 0.1) is 25.7 Å². The molecule has 0 aliphatic rings. The molecule has 0 aliphatic heterocycles. The number of aryl methyl sites for hydroxylation is 2. The van der Waals surface area contributed by atoms with E-state index in [-0.39, 0.29) is 18.0 Å². The van der Waals surface area contributed by atoms with Crippen molar-refractivity contribution in [3.63, 3.8) is 0 Å². The van der Waals surface area contributed by atoms with Crippen LogP contribution in [0.5, 0.6) is 0 Å².